The van der Waals surface area contributed by atoms with Crippen molar-refractivity contribution in [1.82, 2.24) is 4.72 Å². The highest BCUT2D eigenvalue weighted by Crippen LogP contribution is 2.28. The van der Waals surface area contributed by atoms with Crippen molar-refractivity contribution in [2.24, 2.45) is 0 Å². The molecule has 0 atom stereocenters. The summed E-state index contributed by atoms with van der Waals surface area (Å²) in [4.78, 5) is 0.00871. The van der Waals surface area contributed by atoms with Crippen LogP contribution in [0, 0.1) is 0 Å². The molecule has 0 radical (unpaired) electrons. The minimum absolute atomic E-state index is 0.00871. The summed E-state index contributed by atoms with van der Waals surface area (Å²) in [6.07, 6.45) is 4.15. The van der Waals surface area contributed by atoms with Crippen molar-refractivity contribution in [2.75, 3.05) is 6.54 Å². The molecule has 7 heteroatoms. The summed E-state index contributed by atoms with van der Waals surface area (Å²) in [7, 11) is -3.72. The molecule has 0 aromatic heterocycles. The number of hydrogen-bond donors (Lipinski definition) is 2. The summed E-state index contributed by atoms with van der Waals surface area (Å²) < 4.78 is 26.8. The molecule has 1 fully saturated rings. The van der Waals surface area contributed by atoms with E-state index in [2.05, 4.69) is 4.72 Å². The molecule has 0 spiro atoms. The van der Waals surface area contributed by atoms with E-state index < -0.39 is 15.6 Å². The summed E-state index contributed by atoms with van der Waals surface area (Å²) in [6, 6.07) is 4.14. The van der Waals surface area contributed by atoms with Crippen LogP contribution in [0.5, 0.6) is 0 Å². The smallest absolute Gasteiger partial charge is 0.240 e. The van der Waals surface area contributed by atoms with Gasteiger partial charge in [-0.25, -0.2) is 13.1 Å². The molecule has 1 saturated carbocycles. The van der Waals surface area contributed by atoms with Gasteiger partial charge in [0, 0.05) is 16.6 Å². The second kappa shape index (κ2) is 6.20. The fraction of sp³-hybridized carbons (Fsp3) is 0.538. The Kier molecular flexibility index (Phi) is 4.97. The van der Waals surface area contributed by atoms with Gasteiger partial charge in [-0.05, 0) is 31.0 Å². The number of rotatable bonds is 4. The maximum Gasteiger partial charge on any atom is 0.240 e. The van der Waals surface area contributed by atoms with Gasteiger partial charge in [-0.3, -0.25) is 0 Å². The molecule has 2 rings (SSSR count). The fourth-order valence-corrected chi connectivity index (χ4v) is 4.23. The standard InChI is InChI=1S/C13H17Cl2NO3S/c14-10-6-11(15)8-12(7-10)20(18,19)16-9-13(17)4-2-1-3-5-13/h6-8,16-17H,1-5,9H2. The van der Waals surface area contributed by atoms with E-state index >= 15 is 0 Å². The normalized spacial score (nSPS) is 18.9. The lowest BCUT2D eigenvalue weighted by Gasteiger charge is -2.32. The maximum absolute atomic E-state index is 12.2. The number of nitrogens with one attached hydrogen (secondary N) is 1. The quantitative estimate of drug-likeness (QED) is 0.887. The first-order valence-corrected chi connectivity index (χ1v) is 8.73. The zero-order valence-corrected chi connectivity index (χ0v) is 13.2. The van der Waals surface area contributed by atoms with E-state index in [1.165, 1.54) is 18.2 Å². The van der Waals surface area contributed by atoms with Gasteiger partial charge in [0.1, 0.15) is 0 Å². The highest BCUT2D eigenvalue weighted by Gasteiger charge is 2.31. The van der Waals surface area contributed by atoms with Gasteiger partial charge in [0.2, 0.25) is 10.0 Å². The van der Waals surface area contributed by atoms with Crippen molar-refractivity contribution in [3.8, 4) is 0 Å². The minimum Gasteiger partial charge on any atom is -0.389 e. The summed E-state index contributed by atoms with van der Waals surface area (Å²) in [6.45, 7) is 0.0134. The van der Waals surface area contributed by atoms with Crippen LogP contribution in [-0.4, -0.2) is 25.7 Å². The summed E-state index contributed by atoms with van der Waals surface area (Å²) in [5.74, 6) is 0. The molecule has 0 bridgehead atoms. The predicted octanol–water partition coefficient (Wildman–Crippen LogP) is 2.97. The fourth-order valence-electron chi connectivity index (χ4n) is 2.38. The summed E-state index contributed by atoms with van der Waals surface area (Å²) >= 11 is 11.6. The van der Waals surface area contributed by atoms with E-state index in [1.54, 1.807) is 0 Å². The number of benzene rings is 1. The van der Waals surface area contributed by atoms with Gasteiger partial charge in [-0.2, -0.15) is 0 Å². The Hall–Kier alpha value is -0.330. The van der Waals surface area contributed by atoms with Crippen molar-refractivity contribution in [3.63, 3.8) is 0 Å². The number of sulfonamides is 1. The van der Waals surface area contributed by atoms with Gasteiger partial charge in [-0.1, -0.05) is 42.5 Å². The second-order valence-corrected chi connectivity index (χ2v) is 7.85. The van der Waals surface area contributed by atoms with Crippen LogP contribution in [0.25, 0.3) is 0 Å². The topological polar surface area (TPSA) is 66.4 Å². The van der Waals surface area contributed by atoms with Crippen molar-refractivity contribution >= 4 is 33.2 Å². The van der Waals surface area contributed by atoms with Gasteiger partial charge < -0.3 is 5.11 Å². The van der Waals surface area contributed by atoms with E-state index in [0.29, 0.717) is 12.8 Å². The Bertz CT molecular complexity index is 563. The van der Waals surface area contributed by atoms with Gasteiger partial charge in [0.05, 0.1) is 10.5 Å². The lowest BCUT2D eigenvalue weighted by Crippen LogP contribution is -2.44. The Labute approximate surface area is 129 Å². The summed E-state index contributed by atoms with van der Waals surface area (Å²) in [5.41, 5.74) is -0.951. The van der Waals surface area contributed by atoms with E-state index in [-0.39, 0.29) is 21.5 Å². The molecule has 0 heterocycles. The Balaban J connectivity index is 2.11. The SMILES string of the molecule is O=S(=O)(NCC1(O)CCCCC1)c1cc(Cl)cc(Cl)c1. The average Bonchev–Trinajstić information content (AvgIpc) is 2.37. The first-order valence-electron chi connectivity index (χ1n) is 6.49. The lowest BCUT2D eigenvalue weighted by atomic mass is 9.85. The first kappa shape index (κ1) is 16.0. The van der Waals surface area contributed by atoms with Crippen LogP contribution in [-0.2, 0) is 10.0 Å². The molecular weight excluding hydrogens is 321 g/mol. The Morgan fingerprint density at radius 3 is 2.20 bits per heavy atom. The van der Waals surface area contributed by atoms with Gasteiger partial charge in [-0.15, -0.1) is 0 Å². The van der Waals surface area contributed by atoms with Crippen LogP contribution in [0.15, 0.2) is 23.1 Å². The molecule has 0 amide bonds. The van der Waals surface area contributed by atoms with Gasteiger partial charge in [0.15, 0.2) is 0 Å². The third-order valence-corrected chi connectivity index (χ3v) is 5.34. The number of halogens is 2. The molecule has 1 aromatic carbocycles. The summed E-state index contributed by atoms with van der Waals surface area (Å²) in [5, 5.41) is 10.8. The van der Waals surface area contributed by atoms with Crippen LogP contribution < -0.4 is 4.72 Å². The molecule has 4 nitrogen and oxygen atoms in total. The molecule has 112 valence electrons. The molecule has 0 aliphatic heterocycles. The third-order valence-electron chi connectivity index (χ3n) is 3.52. The predicted molar refractivity (Wildman–Crippen MR) is 79.7 cm³/mol. The Morgan fingerprint density at radius 1 is 1.10 bits per heavy atom. The molecule has 20 heavy (non-hydrogen) atoms. The molecule has 1 aliphatic carbocycles. The Morgan fingerprint density at radius 2 is 1.65 bits per heavy atom. The van der Waals surface area contributed by atoms with E-state index in [1.807, 2.05) is 0 Å². The molecule has 2 N–H and O–H groups in total. The first-order chi connectivity index (χ1) is 9.31. The molecule has 0 unspecified atom stereocenters. The number of aliphatic hydroxyl groups is 1. The van der Waals surface area contributed by atoms with E-state index in [9.17, 15) is 13.5 Å². The molecule has 0 saturated heterocycles. The van der Waals surface area contributed by atoms with Crippen LogP contribution in [0.2, 0.25) is 10.0 Å². The van der Waals surface area contributed by atoms with Crippen molar-refractivity contribution < 1.29 is 13.5 Å². The van der Waals surface area contributed by atoms with Gasteiger partial charge >= 0.3 is 0 Å². The van der Waals surface area contributed by atoms with Crippen molar-refractivity contribution in [2.45, 2.75) is 42.6 Å². The van der Waals surface area contributed by atoms with Crippen LogP contribution in [0.1, 0.15) is 32.1 Å². The third kappa shape index (κ3) is 4.09. The van der Waals surface area contributed by atoms with Crippen LogP contribution in [0.4, 0.5) is 0 Å². The molecule has 1 aliphatic rings. The largest absolute Gasteiger partial charge is 0.389 e. The van der Waals surface area contributed by atoms with Crippen LogP contribution in [0.3, 0.4) is 0 Å². The van der Waals surface area contributed by atoms with E-state index in [4.69, 9.17) is 23.2 Å². The van der Waals surface area contributed by atoms with Crippen molar-refractivity contribution in [1.29, 1.82) is 0 Å². The second-order valence-electron chi connectivity index (χ2n) is 5.21. The highest BCUT2D eigenvalue weighted by atomic mass is 35.5. The average molecular weight is 338 g/mol. The molecular formula is C13H17Cl2NO3S. The zero-order chi connectivity index (χ0) is 14.8. The minimum atomic E-state index is -3.72. The highest BCUT2D eigenvalue weighted by molar-refractivity contribution is 7.89. The lowest BCUT2D eigenvalue weighted by molar-refractivity contribution is 0.00945. The van der Waals surface area contributed by atoms with Crippen LogP contribution >= 0.6 is 23.2 Å². The number of hydrogen-bond acceptors (Lipinski definition) is 3. The maximum atomic E-state index is 12.2. The van der Waals surface area contributed by atoms with Gasteiger partial charge in [0.25, 0.3) is 0 Å². The zero-order valence-electron chi connectivity index (χ0n) is 10.9. The van der Waals surface area contributed by atoms with Crippen molar-refractivity contribution in [3.05, 3.63) is 28.2 Å². The molecule has 1 aromatic rings. The van der Waals surface area contributed by atoms with E-state index in [0.717, 1.165) is 19.3 Å². The monoisotopic (exact) mass is 337 g/mol.